The third-order valence-corrected chi connectivity index (χ3v) is 3.86. The fourth-order valence-corrected chi connectivity index (χ4v) is 2.57. The Morgan fingerprint density at radius 1 is 1.12 bits per heavy atom. The summed E-state index contributed by atoms with van der Waals surface area (Å²) in [7, 11) is 1.31. The van der Waals surface area contributed by atoms with Crippen LogP contribution >= 0.6 is 0 Å². The molecule has 1 heterocycles. The van der Waals surface area contributed by atoms with E-state index in [-0.39, 0.29) is 29.0 Å². The Hall–Kier alpha value is -3.09. The standard InChI is InChI=1S/C19H17F2NO4/c1-11(16-9-12-5-3-4-6-14(12)25-16)22-18(23)13-7-8-15(26-19(20)21)17(10-13)24-2/h3-11,19H,1-2H3,(H,22,23). The molecule has 0 saturated heterocycles. The number of halogens is 2. The van der Waals surface area contributed by atoms with Gasteiger partial charge in [-0.3, -0.25) is 4.79 Å². The number of carbonyl (C=O) groups excluding carboxylic acids is 1. The lowest BCUT2D eigenvalue weighted by Crippen LogP contribution is -2.26. The highest BCUT2D eigenvalue weighted by atomic mass is 19.3. The number of alkyl halides is 2. The van der Waals surface area contributed by atoms with Gasteiger partial charge in [-0.15, -0.1) is 0 Å². The summed E-state index contributed by atoms with van der Waals surface area (Å²) in [4.78, 5) is 12.4. The summed E-state index contributed by atoms with van der Waals surface area (Å²) in [5.41, 5.74) is 0.991. The summed E-state index contributed by atoms with van der Waals surface area (Å²) >= 11 is 0. The van der Waals surface area contributed by atoms with E-state index >= 15 is 0 Å². The predicted molar refractivity (Wildman–Crippen MR) is 91.7 cm³/mol. The first kappa shape index (κ1) is 17.7. The van der Waals surface area contributed by atoms with Gasteiger partial charge in [0.25, 0.3) is 5.91 Å². The molecule has 7 heteroatoms. The van der Waals surface area contributed by atoms with Crippen LogP contribution in [0.4, 0.5) is 8.78 Å². The van der Waals surface area contributed by atoms with E-state index in [1.165, 1.54) is 25.3 Å². The van der Waals surface area contributed by atoms with E-state index in [0.717, 1.165) is 11.0 Å². The number of amides is 1. The van der Waals surface area contributed by atoms with Crippen LogP contribution in [0.5, 0.6) is 11.5 Å². The van der Waals surface area contributed by atoms with E-state index < -0.39 is 6.61 Å². The summed E-state index contributed by atoms with van der Waals surface area (Å²) in [5, 5.41) is 3.75. The SMILES string of the molecule is COc1cc(C(=O)NC(C)c2cc3ccccc3o2)ccc1OC(F)F. The highest BCUT2D eigenvalue weighted by Crippen LogP contribution is 2.30. The molecule has 1 unspecified atom stereocenters. The van der Waals surface area contributed by atoms with Crippen LogP contribution in [0.1, 0.15) is 29.1 Å². The fourth-order valence-electron chi connectivity index (χ4n) is 2.57. The van der Waals surface area contributed by atoms with Gasteiger partial charge in [-0.2, -0.15) is 8.78 Å². The first-order chi connectivity index (χ1) is 12.5. The number of benzene rings is 2. The van der Waals surface area contributed by atoms with Crippen LogP contribution in [0.15, 0.2) is 52.9 Å². The van der Waals surface area contributed by atoms with Crippen LogP contribution in [0.25, 0.3) is 11.0 Å². The van der Waals surface area contributed by atoms with Gasteiger partial charge >= 0.3 is 6.61 Å². The van der Waals surface area contributed by atoms with E-state index in [4.69, 9.17) is 9.15 Å². The molecule has 3 rings (SSSR count). The van der Waals surface area contributed by atoms with Gasteiger partial charge in [0.15, 0.2) is 11.5 Å². The molecule has 3 aromatic rings. The Kier molecular flexibility index (Phi) is 5.06. The number of para-hydroxylation sites is 1. The van der Waals surface area contributed by atoms with E-state index in [1.54, 1.807) is 6.92 Å². The molecule has 2 aromatic carbocycles. The minimum Gasteiger partial charge on any atom is -0.493 e. The maximum atomic E-state index is 12.4. The minimum absolute atomic E-state index is 0.0503. The monoisotopic (exact) mass is 361 g/mol. The largest absolute Gasteiger partial charge is 0.493 e. The molecular formula is C19H17F2NO4. The summed E-state index contributed by atoms with van der Waals surface area (Å²) in [6.07, 6.45) is 0. The number of ether oxygens (including phenoxy) is 2. The molecule has 136 valence electrons. The Labute approximate surface area is 148 Å². The van der Waals surface area contributed by atoms with Gasteiger partial charge in [0.05, 0.1) is 13.2 Å². The van der Waals surface area contributed by atoms with Crippen molar-refractivity contribution >= 4 is 16.9 Å². The molecule has 0 spiro atoms. The molecule has 1 aromatic heterocycles. The molecule has 0 radical (unpaired) electrons. The van der Waals surface area contributed by atoms with Crippen molar-refractivity contribution < 1.29 is 27.5 Å². The van der Waals surface area contributed by atoms with E-state index in [0.29, 0.717) is 5.76 Å². The van der Waals surface area contributed by atoms with Gasteiger partial charge in [-0.25, -0.2) is 0 Å². The number of hydrogen-bond acceptors (Lipinski definition) is 4. The third-order valence-electron chi connectivity index (χ3n) is 3.86. The number of carbonyl (C=O) groups is 1. The molecule has 1 amide bonds. The number of hydrogen-bond donors (Lipinski definition) is 1. The van der Waals surface area contributed by atoms with Crippen LogP contribution in [-0.2, 0) is 0 Å². The molecule has 5 nitrogen and oxygen atoms in total. The molecule has 1 N–H and O–H groups in total. The molecule has 0 saturated carbocycles. The van der Waals surface area contributed by atoms with Crippen LogP contribution in [0.3, 0.4) is 0 Å². The molecule has 0 fully saturated rings. The Bertz CT molecular complexity index is 890. The fraction of sp³-hybridized carbons (Fsp3) is 0.211. The molecular weight excluding hydrogens is 344 g/mol. The lowest BCUT2D eigenvalue weighted by Gasteiger charge is -2.14. The van der Waals surface area contributed by atoms with Gasteiger partial charge in [-0.05, 0) is 37.3 Å². The summed E-state index contributed by atoms with van der Waals surface area (Å²) in [6.45, 7) is -1.18. The van der Waals surface area contributed by atoms with Crippen LogP contribution in [0.2, 0.25) is 0 Å². The third kappa shape index (κ3) is 3.77. The van der Waals surface area contributed by atoms with Gasteiger partial charge in [0.2, 0.25) is 0 Å². The quantitative estimate of drug-likeness (QED) is 0.701. The van der Waals surface area contributed by atoms with Crippen molar-refractivity contribution in [1.82, 2.24) is 5.32 Å². The molecule has 1 atom stereocenters. The highest BCUT2D eigenvalue weighted by Gasteiger charge is 2.18. The van der Waals surface area contributed by atoms with Crippen LogP contribution in [-0.4, -0.2) is 19.6 Å². The molecule has 26 heavy (non-hydrogen) atoms. The predicted octanol–water partition coefficient (Wildman–Crippen LogP) is 4.53. The summed E-state index contributed by atoms with van der Waals surface area (Å²) in [6, 6.07) is 13.0. The molecule has 0 aliphatic rings. The molecule has 0 aliphatic carbocycles. The van der Waals surface area contributed by atoms with E-state index in [9.17, 15) is 13.6 Å². The topological polar surface area (TPSA) is 60.7 Å². The minimum atomic E-state index is -2.98. The Morgan fingerprint density at radius 3 is 2.58 bits per heavy atom. The van der Waals surface area contributed by atoms with Crippen molar-refractivity contribution in [2.75, 3.05) is 7.11 Å². The first-order valence-electron chi connectivity index (χ1n) is 7.90. The number of methoxy groups -OCH3 is 1. The average molecular weight is 361 g/mol. The molecule has 0 aliphatic heterocycles. The zero-order chi connectivity index (χ0) is 18.7. The lowest BCUT2D eigenvalue weighted by molar-refractivity contribution is -0.0512. The number of nitrogens with one attached hydrogen (secondary N) is 1. The second-order valence-corrected chi connectivity index (χ2v) is 5.63. The average Bonchev–Trinajstić information content (AvgIpc) is 3.05. The first-order valence-corrected chi connectivity index (χ1v) is 7.90. The normalized spacial score (nSPS) is 12.2. The Balaban J connectivity index is 1.76. The summed E-state index contributed by atoms with van der Waals surface area (Å²) < 4.78 is 39.8. The smallest absolute Gasteiger partial charge is 0.387 e. The second kappa shape index (κ2) is 7.43. The second-order valence-electron chi connectivity index (χ2n) is 5.63. The molecule has 0 bridgehead atoms. The summed E-state index contributed by atoms with van der Waals surface area (Å²) in [5.74, 6) is 0.141. The van der Waals surface area contributed by atoms with Crippen molar-refractivity contribution in [2.24, 2.45) is 0 Å². The van der Waals surface area contributed by atoms with Gasteiger partial charge in [0.1, 0.15) is 11.3 Å². The van der Waals surface area contributed by atoms with E-state index in [2.05, 4.69) is 10.1 Å². The maximum absolute atomic E-state index is 12.4. The lowest BCUT2D eigenvalue weighted by atomic mass is 10.1. The number of rotatable bonds is 6. The van der Waals surface area contributed by atoms with E-state index in [1.807, 2.05) is 30.3 Å². The van der Waals surface area contributed by atoms with Crippen LogP contribution < -0.4 is 14.8 Å². The number of furan rings is 1. The van der Waals surface area contributed by atoms with Crippen molar-refractivity contribution in [3.63, 3.8) is 0 Å². The van der Waals surface area contributed by atoms with Crippen molar-refractivity contribution in [3.05, 3.63) is 59.9 Å². The highest BCUT2D eigenvalue weighted by molar-refractivity contribution is 5.95. The number of fused-ring (bicyclic) bond motifs is 1. The van der Waals surface area contributed by atoms with Crippen molar-refractivity contribution in [1.29, 1.82) is 0 Å². The van der Waals surface area contributed by atoms with Crippen molar-refractivity contribution in [3.8, 4) is 11.5 Å². The van der Waals surface area contributed by atoms with Gasteiger partial charge < -0.3 is 19.2 Å². The van der Waals surface area contributed by atoms with Gasteiger partial charge in [0, 0.05) is 10.9 Å². The Morgan fingerprint density at radius 2 is 1.88 bits per heavy atom. The zero-order valence-corrected chi connectivity index (χ0v) is 14.2. The van der Waals surface area contributed by atoms with Crippen molar-refractivity contribution in [2.45, 2.75) is 19.6 Å². The maximum Gasteiger partial charge on any atom is 0.387 e. The van der Waals surface area contributed by atoms with Crippen LogP contribution in [0, 0.1) is 0 Å². The van der Waals surface area contributed by atoms with Gasteiger partial charge in [-0.1, -0.05) is 18.2 Å². The zero-order valence-electron chi connectivity index (χ0n) is 14.2.